The predicted molar refractivity (Wildman–Crippen MR) is 84.5 cm³/mol. The normalized spacial score (nSPS) is 12.0. The molecule has 2 rings (SSSR count). The standard InChI is InChI=1S/C15H11Cl2FO2S/c16-13-4-1-11(2-5-13)10-21(19,20)8-7-12-3-6-14(18)9-15(12)17/h1-9H,10H2. The highest BCUT2D eigenvalue weighted by Crippen LogP contribution is 2.20. The molecular formula is C15H11Cl2FO2S. The number of benzene rings is 2. The summed E-state index contributed by atoms with van der Waals surface area (Å²) >= 11 is 11.6. The van der Waals surface area contributed by atoms with E-state index in [2.05, 4.69) is 0 Å². The second kappa shape index (κ2) is 6.60. The highest BCUT2D eigenvalue weighted by atomic mass is 35.5. The summed E-state index contributed by atoms with van der Waals surface area (Å²) in [5.74, 6) is -0.611. The van der Waals surface area contributed by atoms with Crippen LogP contribution >= 0.6 is 23.2 Å². The van der Waals surface area contributed by atoms with Gasteiger partial charge in [-0.2, -0.15) is 0 Å². The predicted octanol–water partition coefficient (Wildman–Crippen LogP) is 4.72. The fraction of sp³-hybridized carbons (Fsp3) is 0.0667. The van der Waals surface area contributed by atoms with E-state index in [-0.39, 0.29) is 10.8 Å². The molecule has 0 bridgehead atoms. The Hall–Kier alpha value is -1.36. The summed E-state index contributed by atoms with van der Waals surface area (Å²) in [4.78, 5) is 0. The molecule has 2 aromatic carbocycles. The van der Waals surface area contributed by atoms with Crippen molar-refractivity contribution in [1.29, 1.82) is 0 Å². The molecule has 0 aliphatic heterocycles. The molecule has 0 spiro atoms. The molecule has 0 radical (unpaired) electrons. The minimum atomic E-state index is -3.45. The third-order valence-corrected chi connectivity index (χ3v) is 4.56. The van der Waals surface area contributed by atoms with Gasteiger partial charge in [-0.1, -0.05) is 41.4 Å². The van der Waals surface area contributed by atoms with Gasteiger partial charge < -0.3 is 0 Å². The molecular weight excluding hydrogens is 334 g/mol. The van der Waals surface area contributed by atoms with Gasteiger partial charge in [-0.05, 0) is 41.5 Å². The van der Waals surface area contributed by atoms with Crippen LogP contribution in [0.1, 0.15) is 11.1 Å². The van der Waals surface area contributed by atoms with Gasteiger partial charge in [-0.25, -0.2) is 12.8 Å². The summed E-state index contributed by atoms with van der Waals surface area (Å²) in [6.07, 6.45) is 1.35. The van der Waals surface area contributed by atoms with Gasteiger partial charge in [0, 0.05) is 10.4 Å². The molecule has 0 heterocycles. The smallest absolute Gasteiger partial charge is 0.175 e. The van der Waals surface area contributed by atoms with E-state index in [0.717, 1.165) is 11.5 Å². The van der Waals surface area contributed by atoms with Crippen LogP contribution in [0.4, 0.5) is 4.39 Å². The van der Waals surface area contributed by atoms with Gasteiger partial charge in [0.1, 0.15) is 5.82 Å². The van der Waals surface area contributed by atoms with Gasteiger partial charge >= 0.3 is 0 Å². The molecule has 0 aromatic heterocycles. The van der Waals surface area contributed by atoms with E-state index in [4.69, 9.17) is 23.2 Å². The summed E-state index contributed by atoms with van der Waals surface area (Å²) in [5, 5.41) is 1.78. The number of hydrogen-bond donors (Lipinski definition) is 0. The molecule has 0 saturated heterocycles. The molecule has 0 fully saturated rings. The van der Waals surface area contributed by atoms with Crippen LogP contribution in [0.3, 0.4) is 0 Å². The Kier molecular flexibility index (Phi) is 5.04. The topological polar surface area (TPSA) is 34.1 Å². The van der Waals surface area contributed by atoms with Crippen LogP contribution in [0.5, 0.6) is 0 Å². The summed E-state index contributed by atoms with van der Waals surface area (Å²) < 4.78 is 36.9. The molecule has 0 N–H and O–H groups in total. The van der Waals surface area contributed by atoms with Gasteiger partial charge in [-0.3, -0.25) is 0 Å². The van der Waals surface area contributed by atoms with Crippen LogP contribution in [0.25, 0.3) is 6.08 Å². The molecule has 0 unspecified atom stereocenters. The highest BCUT2D eigenvalue weighted by Gasteiger charge is 2.08. The molecule has 110 valence electrons. The maximum Gasteiger partial charge on any atom is 0.175 e. The van der Waals surface area contributed by atoms with Crippen LogP contribution in [-0.4, -0.2) is 8.42 Å². The average Bonchev–Trinajstić information content (AvgIpc) is 2.40. The Balaban J connectivity index is 2.16. The lowest BCUT2D eigenvalue weighted by Gasteiger charge is -2.01. The van der Waals surface area contributed by atoms with E-state index in [9.17, 15) is 12.8 Å². The van der Waals surface area contributed by atoms with Crippen molar-refractivity contribution in [2.24, 2.45) is 0 Å². The summed E-state index contributed by atoms with van der Waals surface area (Å²) in [5.41, 5.74) is 1.08. The van der Waals surface area contributed by atoms with Gasteiger partial charge in [0.2, 0.25) is 0 Å². The van der Waals surface area contributed by atoms with Crippen molar-refractivity contribution in [1.82, 2.24) is 0 Å². The molecule has 0 saturated carbocycles. The fourth-order valence-electron chi connectivity index (χ4n) is 1.67. The van der Waals surface area contributed by atoms with Crippen LogP contribution in [-0.2, 0) is 15.6 Å². The molecule has 2 aromatic rings. The van der Waals surface area contributed by atoms with E-state index >= 15 is 0 Å². The van der Waals surface area contributed by atoms with Crippen molar-refractivity contribution >= 4 is 39.1 Å². The Bertz CT molecular complexity index is 769. The summed E-state index contributed by atoms with van der Waals surface area (Å²) in [6, 6.07) is 10.3. The number of rotatable bonds is 4. The lowest BCUT2D eigenvalue weighted by molar-refractivity contribution is 0.604. The quantitative estimate of drug-likeness (QED) is 0.804. The molecule has 0 atom stereocenters. The van der Waals surface area contributed by atoms with Crippen molar-refractivity contribution in [2.75, 3.05) is 0 Å². The summed E-state index contributed by atoms with van der Waals surface area (Å²) in [7, 11) is -3.45. The van der Waals surface area contributed by atoms with Crippen LogP contribution in [0.2, 0.25) is 10.0 Å². The van der Waals surface area contributed by atoms with Crippen molar-refractivity contribution in [3.05, 3.63) is 74.9 Å². The first kappa shape index (κ1) is 16.0. The zero-order valence-corrected chi connectivity index (χ0v) is 13.1. The van der Waals surface area contributed by atoms with Crippen LogP contribution < -0.4 is 0 Å². The minimum absolute atomic E-state index is 0.139. The first-order valence-corrected chi connectivity index (χ1v) is 8.43. The zero-order chi connectivity index (χ0) is 15.5. The zero-order valence-electron chi connectivity index (χ0n) is 10.8. The lowest BCUT2D eigenvalue weighted by Crippen LogP contribution is -1.99. The maximum atomic E-state index is 12.9. The lowest BCUT2D eigenvalue weighted by atomic mass is 10.2. The van der Waals surface area contributed by atoms with E-state index in [0.29, 0.717) is 16.1 Å². The molecule has 0 aliphatic carbocycles. The number of halogens is 3. The fourth-order valence-corrected chi connectivity index (χ4v) is 3.14. The van der Waals surface area contributed by atoms with Crippen molar-refractivity contribution in [3.8, 4) is 0 Å². The molecule has 21 heavy (non-hydrogen) atoms. The monoisotopic (exact) mass is 344 g/mol. The van der Waals surface area contributed by atoms with Gasteiger partial charge in [0.25, 0.3) is 0 Å². The van der Waals surface area contributed by atoms with Crippen LogP contribution in [0, 0.1) is 5.82 Å². The van der Waals surface area contributed by atoms with E-state index in [1.54, 1.807) is 24.3 Å². The SMILES string of the molecule is O=S(=O)(C=Cc1ccc(F)cc1Cl)Cc1ccc(Cl)cc1. The van der Waals surface area contributed by atoms with Crippen LogP contribution in [0.15, 0.2) is 47.9 Å². The van der Waals surface area contributed by atoms with Crippen molar-refractivity contribution < 1.29 is 12.8 Å². The molecule has 2 nitrogen and oxygen atoms in total. The largest absolute Gasteiger partial charge is 0.224 e. The second-order valence-corrected chi connectivity index (χ2v) is 7.13. The Morgan fingerprint density at radius 2 is 1.71 bits per heavy atom. The van der Waals surface area contributed by atoms with Gasteiger partial charge in [0.05, 0.1) is 10.8 Å². The van der Waals surface area contributed by atoms with Crippen molar-refractivity contribution in [3.63, 3.8) is 0 Å². The van der Waals surface area contributed by atoms with Gasteiger partial charge in [0.15, 0.2) is 9.84 Å². The Morgan fingerprint density at radius 3 is 2.33 bits per heavy atom. The first-order valence-electron chi connectivity index (χ1n) is 5.96. The molecule has 0 aliphatic rings. The highest BCUT2D eigenvalue weighted by molar-refractivity contribution is 7.93. The van der Waals surface area contributed by atoms with E-state index in [1.807, 2.05) is 0 Å². The van der Waals surface area contributed by atoms with E-state index < -0.39 is 15.7 Å². The Morgan fingerprint density at radius 1 is 1.05 bits per heavy atom. The molecule has 6 heteroatoms. The maximum absolute atomic E-state index is 12.9. The number of hydrogen-bond acceptors (Lipinski definition) is 2. The van der Waals surface area contributed by atoms with Gasteiger partial charge in [-0.15, -0.1) is 0 Å². The first-order chi connectivity index (χ1) is 9.85. The Labute approximate surface area is 132 Å². The van der Waals surface area contributed by atoms with Crippen molar-refractivity contribution in [2.45, 2.75) is 5.75 Å². The summed E-state index contributed by atoms with van der Waals surface area (Å²) in [6.45, 7) is 0. The second-order valence-electron chi connectivity index (χ2n) is 4.40. The number of sulfone groups is 1. The molecule has 0 amide bonds. The average molecular weight is 345 g/mol. The third kappa shape index (κ3) is 4.84. The third-order valence-electron chi connectivity index (χ3n) is 2.70. The van der Waals surface area contributed by atoms with E-state index in [1.165, 1.54) is 18.2 Å². The minimum Gasteiger partial charge on any atom is -0.224 e.